The highest BCUT2D eigenvalue weighted by Crippen LogP contribution is 2.30. The van der Waals surface area contributed by atoms with Gasteiger partial charge < -0.3 is 5.32 Å². The minimum atomic E-state index is -3.74. The zero-order chi connectivity index (χ0) is 14.3. The molecule has 0 bridgehead atoms. The smallest absolute Gasteiger partial charge is 0.245 e. The molecule has 2 aliphatic heterocycles. The van der Waals surface area contributed by atoms with E-state index < -0.39 is 15.8 Å². The van der Waals surface area contributed by atoms with Gasteiger partial charge in [0.1, 0.15) is 10.7 Å². The lowest BCUT2D eigenvalue weighted by molar-refractivity contribution is 0.246. The molecule has 2 heterocycles. The average molecular weight is 400 g/mol. The quantitative estimate of drug-likeness (QED) is 0.831. The Morgan fingerprint density at radius 1 is 1.33 bits per heavy atom. The molecule has 1 aromatic rings. The number of nitrogens with zero attached hydrogens (tertiary/aromatic N) is 1. The first-order chi connectivity index (χ1) is 9.48. The maximum absolute atomic E-state index is 13.9. The second-order valence-corrected chi connectivity index (χ2v) is 8.16. The van der Waals surface area contributed by atoms with Gasteiger partial charge in [0.05, 0.1) is 0 Å². The first-order valence-electron chi connectivity index (χ1n) is 6.67. The number of piperidine rings is 1. The Balaban J connectivity index is 0.00000161. The first kappa shape index (κ1) is 17.1. The van der Waals surface area contributed by atoms with Gasteiger partial charge in [-0.1, -0.05) is 15.9 Å². The number of hydrogen-bond donors (Lipinski definition) is 1. The van der Waals surface area contributed by atoms with Crippen molar-refractivity contribution in [1.82, 2.24) is 9.62 Å². The molecule has 118 valence electrons. The summed E-state index contributed by atoms with van der Waals surface area (Å²) >= 11 is 3.14. The van der Waals surface area contributed by atoms with Crippen LogP contribution in [0.1, 0.15) is 12.8 Å². The summed E-state index contributed by atoms with van der Waals surface area (Å²) in [6.45, 7) is 1.87. The minimum Gasteiger partial charge on any atom is -0.314 e. The summed E-state index contributed by atoms with van der Waals surface area (Å²) in [7, 11) is -3.74. The third kappa shape index (κ3) is 3.27. The van der Waals surface area contributed by atoms with Crippen LogP contribution < -0.4 is 5.32 Å². The summed E-state index contributed by atoms with van der Waals surface area (Å²) in [5.74, 6) is -0.358. The van der Waals surface area contributed by atoms with Gasteiger partial charge in [-0.3, -0.25) is 0 Å². The number of benzene rings is 1. The fourth-order valence-corrected chi connectivity index (χ4v) is 4.95. The molecule has 2 unspecified atom stereocenters. The zero-order valence-corrected chi connectivity index (χ0v) is 14.5. The number of sulfonamides is 1. The molecular weight excluding hydrogens is 383 g/mol. The van der Waals surface area contributed by atoms with Crippen molar-refractivity contribution >= 4 is 38.4 Å². The Labute approximate surface area is 138 Å². The van der Waals surface area contributed by atoms with Gasteiger partial charge in [0.15, 0.2) is 0 Å². The molecule has 2 atom stereocenters. The normalized spacial score (nSPS) is 26.2. The van der Waals surface area contributed by atoms with Crippen LogP contribution in [0, 0.1) is 11.7 Å². The summed E-state index contributed by atoms with van der Waals surface area (Å²) in [6.07, 6.45) is 1.78. The number of halogens is 3. The van der Waals surface area contributed by atoms with E-state index in [0.29, 0.717) is 29.5 Å². The average Bonchev–Trinajstić information content (AvgIpc) is 2.85. The molecule has 2 fully saturated rings. The second-order valence-electron chi connectivity index (χ2n) is 5.34. The Morgan fingerprint density at radius 2 is 2.10 bits per heavy atom. The topological polar surface area (TPSA) is 49.4 Å². The highest BCUT2D eigenvalue weighted by molar-refractivity contribution is 9.10. The summed E-state index contributed by atoms with van der Waals surface area (Å²) in [5, 5.41) is 3.39. The zero-order valence-electron chi connectivity index (χ0n) is 11.3. The maximum atomic E-state index is 13.9. The van der Waals surface area contributed by atoms with Gasteiger partial charge in [-0.05, 0) is 43.5 Å². The molecule has 0 aliphatic carbocycles. The Kier molecular flexibility index (Phi) is 5.31. The van der Waals surface area contributed by atoms with Gasteiger partial charge in [-0.15, -0.1) is 12.4 Å². The van der Waals surface area contributed by atoms with E-state index in [0.717, 1.165) is 19.4 Å². The predicted molar refractivity (Wildman–Crippen MR) is 84.6 cm³/mol. The predicted octanol–water partition coefficient (Wildman–Crippen LogP) is 2.38. The summed E-state index contributed by atoms with van der Waals surface area (Å²) in [4.78, 5) is -0.231. The molecule has 2 aliphatic rings. The molecule has 8 heteroatoms. The van der Waals surface area contributed by atoms with Crippen molar-refractivity contribution in [1.29, 1.82) is 0 Å². The van der Waals surface area contributed by atoms with E-state index in [2.05, 4.69) is 21.2 Å². The van der Waals surface area contributed by atoms with Crippen molar-refractivity contribution in [3.63, 3.8) is 0 Å². The van der Waals surface area contributed by atoms with E-state index in [4.69, 9.17) is 0 Å². The van der Waals surface area contributed by atoms with Crippen molar-refractivity contribution in [2.24, 2.45) is 5.92 Å². The molecule has 0 saturated carbocycles. The lowest BCUT2D eigenvalue weighted by atomic mass is 9.95. The van der Waals surface area contributed by atoms with E-state index in [1.54, 1.807) is 6.07 Å². The molecular formula is C13H17BrClFN2O2S. The van der Waals surface area contributed by atoms with Crippen molar-refractivity contribution in [2.75, 3.05) is 19.6 Å². The van der Waals surface area contributed by atoms with Crippen LogP contribution in [0.4, 0.5) is 4.39 Å². The van der Waals surface area contributed by atoms with Crippen LogP contribution in [-0.4, -0.2) is 38.4 Å². The van der Waals surface area contributed by atoms with Crippen molar-refractivity contribution in [3.05, 3.63) is 28.5 Å². The SMILES string of the molecule is Cl.O=S(=O)(c1ccc(Br)cc1F)N1CCC2NCCC2C1. The molecule has 0 spiro atoms. The van der Waals surface area contributed by atoms with Crippen molar-refractivity contribution in [2.45, 2.75) is 23.8 Å². The Morgan fingerprint density at radius 3 is 2.81 bits per heavy atom. The van der Waals surface area contributed by atoms with E-state index in [1.165, 1.54) is 16.4 Å². The van der Waals surface area contributed by atoms with Crippen LogP contribution in [0.5, 0.6) is 0 Å². The molecule has 0 amide bonds. The lowest BCUT2D eigenvalue weighted by Crippen LogP contribution is -2.46. The largest absolute Gasteiger partial charge is 0.314 e. The van der Waals surface area contributed by atoms with E-state index >= 15 is 0 Å². The highest BCUT2D eigenvalue weighted by atomic mass is 79.9. The van der Waals surface area contributed by atoms with Crippen LogP contribution in [0.15, 0.2) is 27.6 Å². The molecule has 1 N–H and O–H groups in total. The van der Waals surface area contributed by atoms with Crippen molar-refractivity contribution < 1.29 is 12.8 Å². The molecule has 21 heavy (non-hydrogen) atoms. The monoisotopic (exact) mass is 398 g/mol. The second kappa shape index (κ2) is 6.50. The molecule has 0 radical (unpaired) electrons. The number of fused-ring (bicyclic) bond motifs is 1. The maximum Gasteiger partial charge on any atom is 0.245 e. The summed E-state index contributed by atoms with van der Waals surface area (Å²) in [6, 6.07) is 4.49. The molecule has 3 rings (SSSR count). The van der Waals surface area contributed by atoms with Gasteiger partial charge in [0.25, 0.3) is 0 Å². The number of hydrogen-bond acceptors (Lipinski definition) is 3. The minimum absolute atomic E-state index is 0. The Bertz CT molecular complexity index is 629. The van der Waals surface area contributed by atoms with Crippen LogP contribution in [0.25, 0.3) is 0 Å². The van der Waals surface area contributed by atoms with Crippen LogP contribution in [0.2, 0.25) is 0 Å². The number of rotatable bonds is 2. The van der Waals surface area contributed by atoms with E-state index in [-0.39, 0.29) is 17.3 Å². The van der Waals surface area contributed by atoms with E-state index in [9.17, 15) is 12.8 Å². The van der Waals surface area contributed by atoms with Gasteiger partial charge >= 0.3 is 0 Å². The lowest BCUT2D eigenvalue weighted by Gasteiger charge is -2.34. The standard InChI is InChI=1S/C13H16BrFN2O2S.ClH/c14-10-1-2-13(11(15)7-10)20(18,19)17-6-4-12-9(8-17)3-5-16-12;/h1-2,7,9,12,16H,3-6,8H2;1H. The fourth-order valence-electron chi connectivity index (χ4n) is 3.06. The van der Waals surface area contributed by atoms with Gasteiger partial charge in [-0.2, -0.15) is 4.31 Å². The summed E-state index contributed by atoms with van der Waals surface area (Å²) in [5.41, 5.74) is 0. The van der Waals surface area contributed by atoms with Gasteiger partial charge in [0, 0.05) is 23.6 Å². The van der Waals surface area contributed by atoms with E-state index in [1.807, 2.05) is 0 Å². The summed E-state index contributed by atoms with van der Waals surface area (Å²) < 4.78 is 41.0. The third-order valence-corrected chi connectivity index (χ3v) is 6.52. The fraction of sp³-hybridized carbons (Fsp3) is 0.538. The third-order valence-electron chi connectivity index (χ3n) is 4.13. The highest BCUT2D eigenvalue weighted by Gasteiger charge is 2.38. The van der Waals surface area contributed by atoms with Crippen LogP contribution in [0.3, 0.4) is 0 Å². The van der Waals surface area contributed by atoms with Gasteiger partial charge in [0.2, 0.25) is 10.0 Å². The molecule has 2 saturated heterocycles. The van der Waals surface area contributed by atoms with Crippen LogP contribution in [-0.2, 0) is 10.0 Å². The van der Waals surface area contributed by atoms with Gasteiger partial charge in [-0.25, -0.2) is 12.8 Å². The number of nitrogens with one attached hydrogen (secondary N) is 1. The van der Waals surface area contributed by atoms with Crippen LogP contribution >= 0.6 is 28.3 Å². The molecule has 0 aromatic heterocycles. The Hall–Kier alpha value is -0.210. The molecule has 1 aromatic carbocycles. The first-order valence-corrected chi connectivity index (χ1v) is 8.90. The van der Waals surface area contributed by atoms with Crippen molar-refractivity contribution in [3.8, 4) is 0 Å². The molecule has 4 nitrogen and oxygen atoms in total.